The Morgan fingerprint density at radius 3 is 2.32 bits per heavy atom. The van der Waals surface area contributed by atoms with E-state index in [-0.39, 0.29) is 12.6 Å². The molecule has 0 aromatic heterocycles. The van der Waals surface area contributed by atoms with Crippen LogP contribution in [0.15, 0.2) is 48.5 Å². The molecule has 0 fully saturated rings. The van der Waals surface area contributed by atoms with Crippen molar-refractivity contribution < 1.29 is 9.84 Å². The van der Waals surface area contributed by atoms with Crippen molar-refractivity contribution in [2.75, 3.05) is 32.6 Å². The van der Waals surface area contributed by atoms with Crippen molar-refractivity contribution in [2.45, 2.75) is 19.1 Å². The number of ether oxygens (including phenoxy) is 1. The Morgan fingerprint density at radius 1 is 1.12 bits per heavy atom. The van der Waals surface area contributed by atoms with Gasteiger partial charge in [-0.1, -0.05) is 12.1 Å². The average molecular weight is 339 g/mol. The first-order chi connectivity index (χ1) is 12.0. The van der Waals surface area contributed by atoms with Crippen molar-refractivity contribution in [2.24, 2.45) is 0 Å². The van der Waals surface area contributed by atoms with E-state index in [1.54, 1.807) is 0 Å². The van der Waals surface area contributed by atoms with Crippen LogP contribution in [0.3, 0.4) is 0 Å². The van der Waals surface area contributed by atoms with Crippen molar-refractivity contribution in [3.63, 3.8) is 0 Å². The monoisotopic (exact) mass is 339 g/mol. The highest BCUT2D eigenvalue weighted by Gasteiger charge is 2.08. The fourth-order valence-electron chi connectivity index (χ4n) is 2.49. The van der Waals surface area contributed by atoms with Crippen molar-refractivity contribution in [1.29, 1.82) is 5.26 Å². The van der Waals surface area contributed by atoms with Crippen LogP contribution in [-0.2, 0) is 0 Å². The van der Waals surface area contributed by atoms with Gasteiger partial charge in [0.2, 0.25) is 0 Å². The number of likely N-dealkylation sites (N-methyl/N-ethyl adjacent to an activating group) is 1. The van der Waals surface area contributed by atoms with Crippen LogP contribution in [0.5, 0.6) is 5.75 Å². The molecule has 0 saturated carbocycles. The molecule has 132 valence electrons. The van der Waals surface area contributed by atoms with Crippen LogP contribution in [0.4, 0.5) is 5.69 Å². The van der Waals surface area contributed by atoms with Crippen LogP contribution >= 0.6 is 0 Å². The summed E-state index contributed by atoms with van der Waals surface area (Å²) >= 11 is 0. The van der Waals surface area contributed by atoms with Gasteiger partial charge in [-0.3, -0.25) is 0 Å². The van der Waals surface area contributed by atoms with Gasteiger partial charge >= 0.3 is 0 Å². The number of nitriles is 1. The lowest BCUT2D eigenvalue weighted by atomic mass is 10.1. The standard InChI is InChI=1S/C20H25N3O2/c1-15(17-6-4-16(12-21)5-7-17)22-18-8-10-20(11-9-18)25-14-19(24)13-23(2)3/h4-11,15,19,22,24H,13-14H2,1-3H3. The fourth-order valence-corrected chi connectivity index (χ4v) is 2.49. The van der Waals surface area contributed by atoms with Crippen LogP contribution in [0.25, 0.3) is 0 Å². The van der Waals surface area contributed by atoms with E-state index in [0.29, 0.717) is 12.1 Å². The number of anilines is 1. The normalized spacial score (nSPS) is 13.1. The maximum Gasteiger partial charge on any atom is 0.119 e. The van der Waals surface area contributed by atoms with Gasteiger partial charge < -0.3 is 20.1 Å². The topological polar surface area (TPSA) is 68.5 Å². The third kappa shape index (κ3) is 6.11. The van der Waals surface area contributed by atoms with Gasteiger partial charge in [0, 0.05) is 18.3 Å². The summed E-state index contributed by atoms with van der Waals surface area (Å²) in [7, 11) is 3.83. The SMILES string of the molecule is CC(Nc1ccc(OCC(O)CN(C)C)cc1)c1ccc(C#N)cc1. The van der Waals surface area contributed by atoms with E-state index >= 15 is 0 Å². The van der Waals surface area contributed by atoms with Crippen molar-refractivity contribution >= 4 is 5.69 Å². The predicted octanol–water partition coefficient (Wildman–Crippen LogP) is 3.03. The van der Waals surface area contributed by atoms with Gasteiger partial charge in [-0.05, 0) is 63.0 Å². The van der Waals surface area contributed by atoms with E-state index in [1.165, 1.54) is 0 Å². The molecular weight excluding hydrogens is 314 g/mol. The molecule has 0 saturated heterocycles. The minimum Gasteiger partial charge on any atom is -0.491 e. The fraction of sp³-hybridized carbons (Fsp3) is 0.350. The van der Waals surface area contributed by atoms with Crippen LogP contribution in [0.1, 0.15) is 24.1 Å². The highest BCUT2D eigenvalue weighted by atomic mass is 16.5. The molecule has 2 N–H and O–H groups in total. The van der Waals surface area contributed by atoms with Crippen LogP contribution in [-0.4, -0.2) is 43.4 Å². The summed E-state index contributed by atoms with van der Waals surface area (Å²) in [6.07, 6.45) is -0.510. The molecule has 0 heterocycles. The molecule has 0 aliphatic carbocycles. The van der Waals surface area contributed by atoms with Crippen LogP contribution < -0.4 is 10.1 Å². The second-order valence-corrected chi connectivity index (χ2v) is 6.35. The lowest BCUT2D eigenvalue weighted by molar-refractivity contribution is 0.0831. The van der Waals surface area contributed by atoms with Gasteiger partial charge in [0.1, 0.15) is 18.5 Å². The molecule has 25 heavy (non-hydrogen) atoms. The highest BCUT2D eigenvalue weighted by molar-refractivity contribution is 5.48. The number of aliphatic hydroxyl groups is 1. The Balaban J connectivity index is 1.87. The predicted molar refractivity (Wildman–Crippen MR) is 99.7 cm³/mol. The summed E-state index contributed by atoms with van der Waals surface area (Å²) in [5, 5.41) is 22.1. The number of benzene rings is 2. The van der Waals surface area contributed by atoms with E-state index in [2.05, 4.69) is 18.3 Å². The lowest BCUT2D eigenvalue weighted by Gasteiger charge is -2.18. The van der Waals surface area contributed by atoms with E-state index in [0.717, 1.165) is 17.0 Å². The van der Waals surface area contributed by atoms with Crippen molar-refractivity contribution in [3.8, 4) is 11.8 Å². The average Bonchev–Trinajstić information content (AvgIpc) is 2.60. The van der Waals surface area contributed by atoms with Gasteiger partial charge in [-0.2, -0.15) is 5.26 Å². The smallest absolute Gasteiger partial charge is 0.119 e. The molecule has 0 aliphatic heterocycles. The third-order valence-corrected chi connectivity index (χ3v) is 3.80. The number of nitrogens with zero attached hydrogens (tertiary/aromatic N) is 2. The summed E-state index contributed by atoms with van der Waals surface area (Å²) in [6.45, 7) is 2.91. The molecule has 5 heteroatoms. The second-order valence-electron chi connectivity index (χ2n) is 6.35. The quantitative estimate of drug-likeness (QED) is 0.774. The third-order valence-electron chi connectivity index (χ3n) is 3.80. The zero-order chi connectivity index (χ0) is 18.2. The maximum absolute atomic E-state index is 9.82. The van der Waals surface area contributed by atoms with Gasteiger partial charge in [0.25, 0.3) is 0 Å². The van der Waals surface area contributed by atoms with Crippen LogP contribution in [0, 0.1) is 11.3 Å². The Kier molecular flexibility index (Phi) is 6.81. The number of aliphatic hydroxyl groups excluding tert-OH is 1. The first kappa shape index (κ1) is 18.8. The van der Waals surface area contributed by atoms with Crippen molar-refractivity contribution in [1.82, 2.24) is 4.90 Å². The van der Waals surface area contributed by atoms with E-state index in [1.807, 2.05) is 67.5 Å². The number of hydrogen-bond acceptors (Lipinski definition) is 5. The maximum atomic E-state index is 9.82. The molecule has 5 nitrogen and oxygen atoms in total. The van der Waals surface area contributed by atoms with Crippen LogP contribution in [0.2, 0.25) is 0 Å². The van der Waals surface area contributed by atoms with E-state index in [9.17, 15) is 5.11 Å². The molecule has 2 aromatic rings. The molecule has 2 aromatic carbocycles. The Hall–Kier alpha value is -2.55. The Morgan fingerprint density at radius 2 is 1.76 bits per heavy atom. The highest BCUT2D eigenvalue weighted by Crippen LogP contribution is 2.22. The molecule has 0 spiro atoms. The molecule has 0 aliphatic rings. The summed E-state index contributed by atoms with van der Waals surface area (Å²) in [5.74, 6) is 0.731. The molecule has 0 radical (unpaired) electrons. The van der Waals surface area contributed by atoms with Gasteiger partial charge in [-0.15, -0.1) is 0 Å². The summed E-state index contributed by atoms with van der Waals surface area (Å²) in [4.78, 5) is 1.92. The van der Waals surface area contributed by atoms with Crippen molar-refractivity contribution in [3.05, 3.63) is 59.7 Å². The number of nitrogens with one attached hydrogen (secondary N) is 1. The number of hydrogen-bond donors (Lipinski definition) is 2. The number of rotatable bonds is 8. The summed E-state index contributed by atoms with van der Waals surface area (Å²) in [6, 6.07) is 17.5. The minimum absolute atomic E-state index is 0.126. The van der Waals surface area contributed by atoms with E-state index in [4.69, 9.17) is 10.00 Å². The first-order valence-electron chi connectivity index (χ1n) is 8.30. The van der Waals surface area contributed by atoms with Gasteiger partial charge in [0.15, 0.2) is 0 Å². The molecule has 0 amide bonds. The molecular formula is C20H25N3O2. The van der Waals surface area contributed by atoms with E-state index < -0.39 is 6.10 Å². The van der Waals surface area contributed by atoms with Gasteiger partial charge in [-0.25, -0.2) is 0 Å². The summed E-state index contributed by atoms with van der Waals surface area (Å²) in [5.41, 5.74) is 2.76. The minimum atomic E-state index is -0.510. The van der Waals surface area contributed by atoms with Gasteiger partial charge in [0.05, 0.1) is 11.6 Å². The Labute approximate surface area is 149 Å². The second kappa shape index (κ2) is 9.07. The molecule has 2 unspecified atom stereocenters. The molecule has 2 atom stereocenters. The Bertz CT molecular complexity index is 690. The molecule has 2 rings (SSSR count). The lowest BCUT2D eigenvalue weighted by Crippen LogP contribution is -2.30. The largest absolute Gasteiger partial charge is 0.491 e. The summed E-state index contributed by atoms with van der Waals surface area (Å²) < 4.78 is 5.60. The first-order valence-corrected chi connectivity index (χ1v) is 8.30. The molecule has 0 bridgehead atoms. The zero-order valence-electron chi connectivity index (χ0n) is 14.9. The zero-order valence-corrected chi connectivity index (χ0v) is 14.9.